The fraction of sp³-hybridized carbons (Fsp3) is 1.00. The standard InChI is InChI=1S/C7H15F3Ge/c1-4-11(5-2,6-3)7(8,9)10/h4-6H2,1-3H3. The molecule has 68 valence electrons. The Bertz CT molecular complexity index is 107. The van der Waals surface area contributed by atoms with Gasteiger partial charge < -0.3 is 0 Å². The fourth-order valence-electron chi connectivity index (χ4n) is 1.35. The summed E-state index contributed by atoms with van der Waals surface area (Å²) in [6.45, 7) is 5.04. The molecule has 0 saturated heterocycles. The van der Waals surface area contributed by atoms with Gasteiger partial charge >= 0.3 is 68.0 Å². The molecule has 0 saturated carbocycles. The van der Waals surface area contributed by atoms with Gasteiger partial charge in [-0.15, -0.1) is 0 Å². The molecule has 0 aromatic heterocycles. The van der Waals surface area contributed by atoms with Gasteiger partial charge in [0.25, 0.3) is 0 Å². The summed E-state index contributed by atoms with van der Waals surface area (Å²) in [7, 11) is 0. The van der Waals surface area contributed by atoms with E-state index < -0.39 is 18.3 Å². The molecule has 0 unspecified atom stereocenters. The monoisotopic (exact) mass is 230 g/mol. The number of alkyl halides is 3. The summed E-state index contributed by atoms with van der Waals surface area (Å²) in [5.41, 5.74) is 0. The molecule has 0 nitrogen and oxygen atoms in total. The van der Waals surface area contributed by atoms with Crippen LogP contribution in [0.2, 0.25) is 15.8 Å². The van der Waals surface area contributed by atoms with Gasteiger partial charge in [-0.05, 0) is 0 Å². The zero-order valence-electron chi connectivity index (χ0n) is 7.26. The van der Waals surface area contributed by atoms with Crippen LogP contribution in [0.4, 0.5) is 13.2 Å². The maximum absolute atomic E-state index is 12.5. The molecule has 0 aliphatic carbocycles. The van der Waals surface area contributed by atoms with E-state index in [0.29, 0.717) is 15.8 Å². The summed E-state index contributed by atoms with van der Waals surface area (Å²) in [4.78, 5) is 0. The van der Waals surface area contributed by atoms with E-state index in [4.69, 9.17) is 0 Å². The molecule has 0 aliphatic heterocycles. The normalized spacial score (nSPS) is 13.6. The van der Waals surface area contributed by atoms with Crippen molar-refractivity contribution in [1.29, 1.82) is 0 Å². The van der Waals surface area contributed by atoms with Crippen LogP contribution in [0.25, 0.3) is 0 Å². The number of hydrogen-bond donors (Lipinski definition) is 0. The Hall–Kier alpha value is 0.333. The third kappa shape index (κ3) is 2.13. The van der Waals surface area contributed by atoms with Gasteiger partial charge in [-0.3, -0.25) is 0 Å². The molecule has 0 radical (unpaired) electrons. The van der Waals surface area contributed by atoms with Gasteiger partial charge in [0, 0.05) is 0 Å². The van der Waals surface area contributed by atoms with Crippen LogP contribution in [0.15, 0.2) is 0 Å². The van der Waals surface area contributed by atoms with E-state index >= 15 is 0 Å². The first-order chi connectivity index (χ1) is 4.93. The topological polar surface area (TPSA) is 0 Å². The van der Waals surface area contributed by atoms with Crippen LogP contribution < -0.4 is 0 Å². The Morgan fingerprint density at radius 1 is 0.909 bits per heavy atom. The van der Waals surface area contributed by atoms with Crippen LogP contribution in [0.1, 0.15) is 20.8 Å². The molecule has 0 N–H and O–H groups in total. The van der Waals surface area contributed by atoms with E-state index in [-0.39, 0.29) is 0 Å². The predicted octanol–water partition coefficient (Wildman–Crippen LogP) is 3.60. The van der Waals surface area contributed by atoms with Crippen molar-refractivity contribution in [2.24, 2.45) is 0 Å². The van der Waals surface area contributed by atoms with Crippen molar-refractivity contribution in [3.8, 4) is 0 Å². The van der Waals surface area contributed by atoms with E-state index in [1.54, 1.807) is 20.8 Å². The van der Waals surface area contributed by atoms with Gasteiger partial charge in [-0.1, -0.05) is 0 Å². The van der Waals surface area contributed by atoms with Crippen LogP contribution in [-0.4, -0.2) is 18.3 Å². The van der Waals surface area contributed by atoms with E-state index in [1.165, 1.54) is 0 Å². The van der Waals surface area contributed by atoms with Crippen molar-refractivity contribution in [3.05, 3.63) is 0 Å². The molecule has 11 heavy (non-hydrogen) atoms. The minimum atomic E-state index is -3.85. The molecule has 0 atom stereocenters. The van der Waals surface area contributed by atoms with Gasteiger partial charge in [0.05, 0.1) is 0 Å². The van der Waals surface area contributed by atoms with Crippen LogP contribution in [0.5, 0.6) is 0 Å². The van der Waals surface area contributed by atoms with Gasteiger partial charge in [-0.25, -0.2) is 0 Å². The van der Waals surface area contributed by atoms with E-state index in [9.17, 15) is 13.2 Å². The SMILES string of the molecule is C[CH2][Ge]([CH2]C)([CH2]C)[C](F)(F)F. The molecule has 0 aromatic rings. The average molecular weight is 229 g/mol. The molecular formula is C7H15F3Ge. The Labute approximate surface area is 68.5 Å². The molecular weight excluding hydrogens is 214 g/mol. The molecule has 0 amide bonds. The zero-order chi connectivity index (χ0) is 9.12. The first-order valence-electron chi connectivity index (χ1n) is 4.00. The molecule has 0 spiro atoms. The second kappa shape index (κ2) is 3.83. The number of rotatable bonds is 3. The third-order valence-corrected chi connectivity index (χ3v) is 13.7. The van der Waals surface area contributed by atoms with Gasteiger partial charge in [0.1, 0.15) is 0 Å². The van der Waals surface area contributed by atoms with Crippen LogP contribution in [-0.2, 0) is 0 Å². The molecule has 0 fully saturated rings. The summed E-state index contributed by atoms with van der Waals surface area (Å²) in [5, 5.41) is -2.73. The van der Waals surface area contributed by atoms with Crippen molar-refractivity contribution in [3.63, 3.8) is 0 Å². The van der Waals surface area contributed by atoms with E-state index in [0.717, 1.165) is 0 Å². The van der Waals surface area contributed by atoms with Gasteiger partial charge in [-0.2, -0.15) is 0 Å². The first-order valence-corrected chi connectivity index (χ1v) is 9.50. The summed E-state index contributed by atoms with van der Waals surface area (Å²) in [6.07, 6.45) is 0. The van der Waals surface area contributed by atoms with Crippen molar-refractivity contribution < 1.29 is 13.2 Å². The molecule has 4 heteroatoms. The Kier molecular flexibility index (Phi) is 3.94. The van der Waals surface area contributed by atoms with Crippen molar-refractivity contribution in [1.82, 2.24) is 0 Å². The van der Waals surface area contributed by atoms with Gasteiger partial charge in [0.2, 0.25) is 0 Å². The zero-order valence-corrected chi connectivity index (χ0v) is 9.35. The van der Waals surface area contributed by atoms with E-state index in [2.05, 4.69) is 0 Å². The fourth-order valence-corrected chi connectivity index (χ4v) is 7.02. The Morgan fingerprint density at radius 3 is 1.18 bits per heavy atom. The second-order valence-electron chi connectivity index (χ2n) is 2.84. The molecule has 0 aliphatic rings. The average Bonchev–Trinajstić information content (AvgIpc) is 1.90. The first kappa shape index (κ1) is 11.3. The second-order valence-corrected chi connectivity index (χ2v) is 13.9. The van der Waals surface area contributed by atoms with Crippen molar-refractivity contribution in [2.45, 2.75) is 41.5 Å². The van der Waals surface area contributed by atoms with Crippen molar-refractivity contribution >= 4 is 13.3 Å². The molecule has 0 rings (SSSR count). The summed E-state index contributed by atoms with van der Waals surface area (Å²) >= 11 is -3.44. The van der Waals surface area contributed by atoms with E-state index in [1.807, 2.05) is 0 Å². The maximum atomic E-state index is 12.5. The molecule has 0 heterocycles. The van der Waals surface area contributed by atoms with Gasteiger partial charge in [0.15, 0.2) is 0 Å². The quantitative estimate of drug-likeness (QED) is 0.648. The Balaban J connectivity index is 4.54. The third-order valence-electron chi connectivity index (χ3n) is 2.63. The van der Waals surface area contributed by atoms with Crippen LogP contribution in [0, 0.1) is 0 Å². The minimum absolute atomic E-state index is 0.372. The molecule has 0 bridgehead atoms. The Morgan fingerprint density at radius 2 is 1.18 bits per heavy atom. The summed E-state index contributed by atoms with van der Waals surface area (Å²) in [6, 6.07) is 0. The predicted molar refractivity (Wildman–Crippen MR) is 43.3 cm³/mol. The molecule has 0 aromatic carbocycles. The van der Waals surface area contributed by atoms with Crippen LogP contribution in [0.3, 0.4) is 0 Å². The van der Waals surface area contributed by atoms with Crippen LogP contribution >= 0.6 is 0 Å². The summed E-state index contributed by atoms with van der Waals surface area (Å²) < 4.78 is 37.4. The van der Waals surface area contributed by atoms with Crippen molar-refractivity contribution in [2.75, 3.05) is 0 Å². The number of halogens is 3. The number of hydrogen-bond acceptors (Lipinski definition) is 0. The summed E-state index contributed by atoms with van der Waals surface area (Å²) in [5.74, 6) is 0.